The van der Waals surface area contributed by atoms with E-state index in [4.69, 9.17) is 4.74 Å². The van der Waals surface area contributed by atoms with E-state index in [0.717, 1.165) is 31.3 Å². The lowest BCUT2D eigenvalue weighted by Crippen LogP contribution is -2.49. The molecule has 1 aliphatic heterocycles. The number of hydrogen-bond acceptors (Lipinski definition) is 6. The Labute approximate surface area is 125 Å². The number of ether oxygens (including phenoxy) is 1. The van der Waals surface area contributed by atoms with E-state index in [1.165, 1.54) is 0 Å². The molecule has 20 heavy (non-hydrogen) atoms. The Morgan fingerprint density at radius 2 is 2.05 bits per heavy atom. The molecule has 1 aliphatic rings. The van der Waals surface area contributed by atoms with E-state index in [1.54, 1.807) is 11.3 Å². The third-order valence-corrected chi connectivity index (χ3v) is 4.07. The molecule has 0 saturated carbocycles. The number of aliphatic hydroxyl groups excluding tert-OH is 1. The lowest BCUT2D eigenvalue weighted by molar-refractivity contribution is -0.0563. The van der Waals surface area contributed by atoms with E-state index in [9.17, 15) is 5.11 Å². The van der Waals surface area contributed by atoms with Gasteiger partial charge in [0.2, 0.25) is 0 Å². The molecule has 5 nitrogen and oxygen atoms in total. The number of hydrogen-bond donors (Lipinski definition) is 1. The van der Waals surface area contributed by atoms with Gasteiger partial charge in [-0.2, -0.15) is 0 Å². The molecule has 0 spiro atoms. The first-order valence-electron chi connectivity index (χ1n) is 7.13. The molecule has 1 saturated heterocycles. The summed E-state index contributed by atoms with van der Waals surface area (Å²) in [5, 5.41) is 13.1. The summed E-state index contributed by atoms with van der Waals surface area (Å²) in [7, 11) is 0. The van der Waals surface area contributed by atoms with Gasteiger partial charge in [0.1, 0.15) is 0 Å². The fourth-order valence-corrected chi connectivity index (χ4v) is 2.89. The van der Waals surface area contributed by atoms with Gasteiger partial charge in [0.15, 0.2) is 5.13 Å². The Morgan fingerprint density at radius 3 is 2.60 bits per heavy atom. The van der Waals surface area contributed by atoms with Gasteiger partial charge in [-0.15, -0.1) is 11.3 Å². The lowest BCUT2D eigenvalue weighted by Gasteiger charge is -2.35. The van der Waals surface area contributed by atoms with Crippen molar-refractivity contribution in [3.8, 4) is 0 Å². The van der Waals surface area contributed by atoms with Crippen molar-refractivity contribution in [1.82, 2.24) is 9.88 Å². The van der Waals surface area contributed by atoms with Gasteiger partial charge in [-0.05, 0) is 20.8 Å². The molecule has 1 atom stereocenters. The average Bonchev–Trinajstić information content (AvgIpc) is 2.90. The average molecular weight is 299 g/mol. The van der Waals surface area contributed by atoms with Crippen molar-refractivity contribution in [1.29, 1.82) is 0 Å². The highest BCUT2D eigenvalue weighted by atomic mass is 32.1. The number of anilines is 1. The summed E-state index contributed by atoms with van der Waals surface area (Å²) >= 11 is 1.68. The molecule has 0 amide bonds. The van der Waals surface area contributed by atoms with Crippen molar-refractivity contribution < 1.29 is 9.84 Å². The van der Waals surface area contributed by atoms with Crippen LogP contribution in [0, 0.1) is 0 Å². The molecule has 0 aliphatic carbocycles. The summed E-state index contributed by atoms with van der Waals surface area (Å²) in [6, 6.07) is 0. The second-order valence-corrected chi connectivity index (χ2v) is 7.05. The normalized spacial score (nSPS) is 19.3. The van der Waals surface area contributed by atoms with Gasteiger partial charge < -0.3 is 14.7 Å². The predicted molar refractivity (Wildman–Crippen MR) is 82.5 cm³/mol. The molecule has 1 aromatic heterocycles. The van der Waals surface area contributed by atoms with Crippen LogP contribution in [0.5, 0.6) is 0 Å². The molecule has 114 valence electrons. The van der Waals surface area contributed by atoms with Crippen molar-refractivity contribution in [3.63, 3.8) is 0 Å². The minimum atomic E-state index is -0.416. The minimum absolute atomic E-state index is 0.190. The highest BCUT2D eigenvalue weighted by Crippen LogP contribution is 2.19. The van der Waals surface area contributed by atoms with E-state index >= 15 is 0 Å². The number of β-amino-alcohol motifs (C(OH)–C–C–N with tert-alkyl or cyclic N) is 1. The minimum Gasteiger partial charge on any atom is -0.389 e. The molecule has 2 rings (SSSR count). The maximum Gasteiger partial charge on any atom is 0.185 e. The van der Waals surface area contributed by atoms with E-state index in [-0.39, 0.29) is 5.60 Å². The second-order valence-electron chi connectivity index (χ2n) is 6.18. The van der Waals surface area contributed by atoms with Crippen LogP contribution in [0.2, 0.25) is 0 Å². The molecule has 0 radical (unpaired) electrons. The fraction of sp³-hybridized carbons (Fsp3) is 0.786. The topological polar surface area (TPSA) is 48.8 Å². The Morgan fingerprint density at radius 1 is 1.35 bits per heavy atom. The number of aromatic nitrogens is 1. The smallest absolute Gasteiger partial charge is 0.185 e. The van der Waals surface area contributed by atoms with Crippen LogP contribution < -0.4 is 4.90 Å². The summed E-state index contributed by atoms with van der Waals surface area (Å²) < 4.78 is 5.62. The highest BCUT2D eigenvalue weighted by molar-refractivity contribution is 7.13. The van der Waals surface area contributed by atoms with Crippen molar-refractivity contribution in [2.45, 2.75) is 32.5 Å². The zero-order chi connectivity index (χ0) is 14.6. The van der Waals surface area contributed by atoms with Crippen molar-refractivity contribution in [2.75, 3.05) is 44.2 Å². The van der Waals surface area contributed by atoms with Gasteiger partial charge >= 0.3 is 0 Å². The van der Waals surface area contributed by atoms with Crippen molar-refractivity contribution in [2.24, 2.45) is 0 Å². The Kier molecular flexibility index (Phi) is 5.37. The quantitative estimate of drug-likeness (QED) is 0.891. The molecule has 1 fully saturated rings. The van der Waals surface area contributed by atoms with Gasteiger partial charge in [0, 0.05) is 44.3 Å². The first-order valence-corrected chi connectivity index (χ1v) is 8.01. The standard InChI is InChI=1S/C14H25N3O2S/c1-14(2,3)19-11-12(18)10-16-5-7-17(8-6-16)13-15-4-9-20-13/h4,9,12,18H,5-8,10-11H2,1-3H3. The molecule has 1 N–H and O–H groups in total. The van der Waals surface area contributed by atoms with Crippen LogP contribution in [0.1, 0.15) is 20.8 Å². The van der Waals surface area contributed by atoms with Gasteiger partial charge in [-0.25, -0.2) is 4.98 Å². The van der Waals surface area contributed by atoms with Gasteiger partial charge in [-0.1, -0.05) is 0 Å². The lowest BCUT2D eigenvalue weighted by atomic mass is 10.2. The van der Waals surface area contributed by atoms with Crippen LogP contribution in [0.3, 0.4) is 0 Å². The summed E-state index contributed by atoms with van der Waals surface area (Å²) in [5.41, 5.74) is -0.190. The molecule has 0 aromatic carbocycles. The van der Waals surface area contributed by atoms with Crippen LogP contribution in [0.25, 0.3) is 0 Å². The van der Waals surface area contributed by atoms with Gasteiger partial charge in [-0.3, -0.25) is 4.90 Å². The van der Waals surface area contributed by atoms with E-state index in [0.29, 0.717) is 13.2 Å². The first-order chi connectivity index (χ1) is 9.44. The number of piperazine rings is 1. The largest absolute Gasteiger partial charge is 0.389 e. The maximum absolute atomic E-state index is 10.0. The number of thiazole rings is 1. The monoisotopic (exact) mass is 299 g/mol. The molecule has 6 heteroatoms. The number of aliphatic hydroxyl groups is 1. The van der Waals surface area contributed by atoms with E-state index in [2.05, 4.69) is 14.8 Å². The summed E-state index contributed by atoms with van der Waals surface area (Å²) in [4.78, 5) is 8.94. The first kappa shape index (κ1) is 15.7. The van der Waals surface area contributed by atoms with E-state index in [1.807, 2.05) is 32.3 Å². The van der Waals surface area contributed by atoms with Crippen LogP contribution in [-0.4, -0.2) is 66.0 Å². The van der Waals surface area contributed by atoms with Crippen LogP contribution in [0.15, 0.2) is 11.6 Å². The second kappa shape index (κ2) is 6.85. The zero-order valence-electron chi connectivity index (χ0n) is 12.6. The molecule has 2 heterocycles. The molecule has 1 unspecified atom stereocenters. The number of nitrogens with zero attached hydrogens (tertiary/aromatic N) is 3. The zero-order valence-corrected chi connectivity index (χ0v) is 13.4. The van der Waals surface area contributed by atoms with Crippen LogP contribution in [-0.2, 0) is 4.74 Å². The maximum atomic E-state index is 10.0. The van der Waals surface area contributed by atoms with Crippen LogP contribution >= 0.6 is 11.3 Å². The van der Waals surface area contributed by atoms with Crippen molar-refractivity contribution >= 4 is 16.5 Å². The number of rotatable bonds is 5. The molecule has 0 bridgehead atoms. The Bertz CT molecular complexity index is 384. The van der Waals surface area contributed by atoms with Gasteiger partial charge in [0.25, 0.3) is 0 Å². The molecular formula is C14H25N3O2S. The summed E-state index contributed by atoms with van der Waals surface area (Å²) in [6.45, 7) is 11.0. The molecule has 1 aromatic rings. The molecular weight excluding hydrogens is 274 g/mol. The van der Waals surface area contributed by atoms with Gasteiger partial charge in [0.05, 0.1) is 18.3 Å². The highest BCUT2D eigenvalue weighted by Gasteiger charge is 2.21. The third kappa shape index (κ3) is 5.01. The SMILES string of the molecule is CC(C)(C)OCC(O)CN1CCN(c2nccs2)CC1. The summed E-state index contributed by atoms with van der Waals surface area (Å²) in [6.07, 6.45) is 1.43. The summed E-state index contributed by atoms with van der Waals surface area (Å²) in [5.74, 6) is 0. The Hall–Kier alpha value is -0.690. The predicted octanol–water partition coefficient (Wildman–Crippen LogP) is 1.44. The third-order valence-electron chi connectivity index (χ3n) is 3.24. The van der Waals surface area contributed by atoms with Crippen molar-refractivity contribution in [3.05, 3.63) is 11.6 Å². The Balaban J connectivity index is 1.69. The van der Waals surface area contributed by atoms with Crippen LogP contribution in [0.4, 0.5) is 5.13 Å². The fourth-order valence-electron chi connectivity index (χ4n) is 2.19. The van der Waals surface area contributed by atoms with E-state index < -0.39 is 6.10 Å².